The molecule has 1 unspecified atom stereocenters. The molecule has 3 aromatic carbocycles. The maximum atomic E-state index is 12.9. The van der Waals surface area contributed by atoms with E-state index in [-0.39, 0.29) is 22.5 Å². The maximum Gasteiger partial charge on any atom is 0.349 e. The third-order valence-corrected chi connectivity index (χ3v) is 6.60. The number of esters is 1. The number of carbonyl (C=O) groups excluding carboxylic acids is 1. The van der Waals surface area contributed by atoms with Crippen LogP contribution in [-0.4, -0.2) is 22.0 Å². The molecule has 1 aromatic heterocycles. The lowest BCUT2D eigenvalue weighted by atomic mass is 10.00. The highest BCUT2D eigenvalue weighted by Gasteiger charge is 2.30. The van der Waals surface area contributed by atoms with Crippen molar-refractivity contribution in [3.8, 4) is 11.5 Å². The normalized spacial score (nSPS) is 15.1. The minimum atomic E-state index is -0.625. The first-order valence-electron chi connectivity index (χ1n) is 10.4. The van der Waals surface area contributed by atoms with Gasteiger partial charge in [0.1, 0.15) is 22.6 Å². The number of carbonyl (C=O) groups is 1. The fourth-order valence-corrected chi connectivity index (χ4v) is 5.10. The van der Waals surface area contributed by atoms with Crippen molar-refractivity contribution >= 4 is 40.1 Å². The number of benzene rings is 3. The molecular weight excluding hydrogens is 438 g/mol. The highest BCUT2D eigenvalue weighted by molar-refractivity contribution is 8.01. The van der Waals surface area contributed by atoms with Crippen LogP contribution in [0.4, 0.5) is 5.69 Å². The van der Waals surface area contributed by atoms with E-state index in [1.54, 1.807) is 48.2 Å². The fraction of sp³-hybridized carbons (Fsp3) is 0.115. The van der Waals surface area contributed by atoms with Crippen LogP contribution in [0.25, 0.3) is 11.0 Å². The third-order valence-electron chi connectivity index (χ3n) is 5.33. The van der Waals surface area contributed by atoms with Crippen molar-refractivity contribution in [1.82, 2.24) is 0 Å². The Morgan fingerprint density at radius 1 is 1.06 bits per heavy atom. The van der Waals surface area contributed by atoms with Gasteiger partial charge in [0.05, 0.1) is 22.0 Å². The van der Waals surface area contributed by atoms with Crippen LogP contribution in [0, 0.1) is 0 Å². The van der Waals surface area contributed by atoms with E-state index in [0.717, 1.165) is 16.1 Å². The Morgan fingerprint density at radius 2 is 1.79 bits per heavy atom. The maximum absolute atomic E-state index is 12.9. The van der Waals surface area contributed by atoms with Crippen molar-refractivity contribution in [3.05, 3.63) is 94.3 Å². The number of rotatable bonds is 4. The topological polar surface area (TPSA) is 89.1 Å². The van der Waals surface area contributed by atoms with Crippen LogP contribution in [0.1, 0.15) is 18.1 Å². The van der Waals surface area contributed by atoms with E-state index in [2.05, 4.69) is 0 Å². The molecule has 164 valence electrons. The number of fused-ring (bicyclic) bond motifs is 2. The number of hydrogen-bond donors (Lipinski definition) is 1. The van der Waals surface area contributed by atoms with Gasteiger partial charge in [-0.3, -0.25) is 9.79 Å². The quantitative estimate of drug-likeness (QED) is 0.255. The summed E-state index contributed by atoms with van der Waals surface area (Å²) in [6.45, 7) is 1.36. The predicted octanol–water partition coefficient (Wildman–Crippen LogP) is 5.26. The molecule has 0 fully saturated rings. The van der Waals surface area contributed by atoms with E-state index in [1.165, 1.54) is 6.92 Å². The first-order valence-corrected chi connectivity index (χ1v) is 11.2. The second kappa shape index (κ2) is 8.60. The van der Waals surface area contributed by atoms with Crippen LogP contribution in [-0.2, 0) is 11.2 Å². The summed E-state index contributed by atoms with van der Waals surface area (Å²) in [6, 6.07) is 21.8. The largest absolute Gasteiger partial charge is 0.506 e. The van der Waals surface area contributed by atoms with Crippen LogP contribution in [0.5, 0.6) is 11.5 Å². The van der Waals surface area contributed by atoms with Gasteiger partial charge in [-0.15, -0.1) is 11.8 Å². The summed E-state index contributed by atoms with van der Waals surface area (Å²) < 4.78 is 10.6. The highest BCUT2D eigenvalue weighted by Crippen LogP contribution is 2.41. The van der Waals surface area contributed by atoms with Gasteiger partial charge >= 0.3 is 11.6 Å². The minimum absolute atomic E-state index is 0.0808. The van der Waals surface area contributed by atoms with Crippen molar-refractivity contribution in [2.24, 2.45) is 4.99 Å². The number of thioether (sulfide) groups is 1. The van der Waals surface area contributed by atoms with Crippen LogP contribution < -0.4 is 10.4 Å². The lowest BCUT2D eigenvalue weighted by Gasteiger charge is -2.25. The number of para-hydroxylation sites is 2. The Labute approximate surface area is 193 Å². The lowest BCUT2D eigenvalue weighted by molar-refractivity contribution is -0.131. The van der Waals surface area contributed by atoms with Crippen molar-refractivity contribution in [3.63, 3.8) is 0 Å². The van der Waals surface area contributed by atoms with Gasteiger partial charge in [-0.2, -0.15) is 0 Å². The number of ether oxygens (including phenoxy) is 1. The average Bonchev–Trinajstić information content (AvgIpc) is 2.80. The summed E-state index contributed by atoms with van der Waals surface area (Å²) in [6.07, 6.45) is 0.546. The molecule has 1 N–H and O–H groups in total. The summed E-state index contributed by atoms with van der Waals surface area (Å²) in [5.74, 6) is -0.0412. The number of aromatic hydroxyl groups is 1. The molecule has 6 nitrogen and oxygen atoms in total. The van der Waals surface area contributed by atoms with Gasteiger partial charge in [-0.25, -0.2) is 4.79 Å². The Kier molecular flexibility index (Phi) is 5.48. The van der Waals surface area contributed by atoms with Crippen LogP contribution in [0.3, 0.4) is 0 Å². The monoisotopic (exact) mass is 457 g/mol. The molecule has 0 radical (unpaired) electrons. The van der Waals surface area contributed by atoms with Crippen LogP contribution in [0.2, 0.25) is 0 Å². The van der Waals surface area contributed by atoms with Gasteiger partial charge in [-0.1, -0.05) is 36.4 Å². The smallest absolute Gasteiger partial charge is 0.349 e. The Bertz CT molecular complexity index is 1460. The van der Waals surface area contributed by atoms with E-state index < -0.39 is 5.63 Å². The van der Waals surface area contributed by atoms with Crippen LogP contribution >= 0.6 is 11.8 Å². The molecule has 5 rings (SSSR count). The first kappa shape index (κ1) is 21.0. The standard InChI is InChI=1S/C26H19NO5S/c1-15(28)31-17-12-10-16(11-13-17)14-22-24(27-19-7-3-5-9-21(19)33-22)23-25(29)18-6-2-4-8-20(18)32-26(23)30/h2-13,22,29H,14H2,1H3. The van der Waals surface area contributed by atoms with E-state index >= 15 is 0 Å². The number of nitrogens with zero attached hydrogens (tertiary/aromatic N) is 1. The average molecular weight is 458 g/mol. The van der Waals surface area contributed by atoms with Crippen molar-refractivity contribution in [2.75, 3.05) is 0 Å². The Balaban J connectivity index is 1.59. The van der Waals surface area contributed by atoms with Gasteiger partial charge < -0.3 is 14.3 Å². The fourth-order valence-electron chi connectivity index (χ4n) is 3.85. The molecule has 4 aromatic rings. The van der Waals surface area contributed by atoms with Gasteiger partial charge in [0, 0.05) is 11.8 Å². The number of aliphatic imine (C=N–C) groups is 1. The molecule has 1 aliphatic heterocycles. The van der Waals surface area contributed by atoms with E-state index in [0.29, 0.717) is 28.9 Å². The molecule has 33 heavy (non-hydrogen) atoms. The van der Waals surface area contributed by atoms with Crippen molar-refractivity contribution in [1.29, 1.82) is 0 Å². The zero-order chi connectivity index (χ0) is 22.9. The molecule has 7 heteroatoms. The molecule has 0 bridgehead atoms. The predicted molar refractivity (Wildman–Crippen MR) is 128 cm³/mol. The molecule has 0 saturated heterocycles. The molecule has 0 saturated carbocycles. The second-order valence-electron chi connectivity index (χ2n) is 7.62. The molecule has 0 aliphatic carbocycles. The molecular formula is C26H19NO5S. The highest BCUT2D eigenvalue weighted by atomic mass is 32.2. The summed E-state index contributed by atoms with van der Waals surface area (Å²) >= 11 is 1.58. The Hall–Kier alpha value is -3.84. The van der Waals surface area contributed by atoms with E-state index in [4.69, 9.17) is 14.1 Å². The molecule has 0 amide bonds. The minimum Gasteiger partial charge on any atom is -0.506 e. The second-order valence-corrected chi connectivity index (χ2v) is 8.87. The number of hydrogen-bond acceptors (Lipinski definition) is 7. The summed E-state index contributed by atoms with van der Waals surface area (Å²) in [5, 5.41) is 11.3. The third kappa shape index (κ3) is 4.15. The van der Waals surface area contributed by atoms with Gasteiger partial charge in [0.25, 0.3) is 0 Å². The first-order chi connectivity index (χ1) is 16.0. The van der Waals surface area contributed by atoms with Gasteiger partial charge in [0.2, 0.25) is 0 Å². The SMILES string of the molecule is CC(=O)Oc1ccc(CC2Sc3ccccc3N=C2c2c(O)c3ccccc3oc2=O)cc1. The zero-order valence-corrected chi connectivity index (χ0v) is 18.5. The van der Waals surface area contributed by atoms with E-state index in [1.807, 2.05) is 36.4 Å². The van der Waals surface area contributed by atoms with E-state index in [9.17, 15) is 14.7 Å². The summed E-state index contributed by atoms with van der Waals surface area (Å²) in [5.41, 5.74) is 1.97. The molecule has 1 atom stereocenters. The lowest BCUT2D eigenvalue weighted by Crippen LogP contribution is -2.28. The molecule has 2 heterocycles. The summed E-state index contributed by atoms with van der Waals surface area (Å²) in [7, 11) is 0. The van der Waals surface area contributed by atoms with Gasteiger partial charge in [-0.05, 0) is 48.4 Å². The zero-order valence-electron chi connectivity index (χ0n) is 17.6. The molecule has 1 aliphatic rings. The Morgan fingerprint density at radius 3 is 2.58 bits per heavy atom. The van der Waals surface area contributed by atoms with Gasteiger partial charge in [0.15, 0.2) is 0 Å². The van der Waals surface area contributed by atoms with Crippen molar-refractivity contribution < 1.29 is 19.1 Å². The van der Waals surface area contributed by atoms with Crippen molar-refractivity contribution in [2.45, 2.75) is 23.5 Å². The summed E-state index contributed by atoms with van der Waals surface area (Å²) in [4.78, 5) is 29.9. The molecule has 0 spiro atoms. The van der Waals surface area contributed by atoms with Crippen LogP contribution in [0.15, 0.2) is 91.9 Å².